The van der Waals surface area contributed by atoms with E-state index < -0.39 is 0 Å². The van der Waals surface area contributed by atoms with Crippen LogP contribution >= 0.6 is 0 Å². The summed E-state index contributed by atoms with van der Waals surface area (Å²) in [5, 5.41) is 3.48. The van der Waals surface area contributed by atoms with Crippen LogP contribution in [0.1, 0.15) is 30.5 Å². The number of nitrogens with one attached hydrogen (secondary N) is 1. The van der Waals surface area contributed by atoms with Crippen LogP contribution in [0.3, 0.4) is 0 Å². The van der Waals surface area contributed by atoms with Crippen LogP contribution < -0.4 is 5.32 Å². The van der Waals surface area contributed by atoms with E-state index in [2.05, 4.69) is 27.3 Å². The van der Waals surface area contributed by atoms with Gasteiger partial charge in [0, 0.05) is 25.0 Å². The summed E-state index contributed by atoms with van der Waals surface area (Å²) in [6, 6.07) is 4.33. The number of rotatable bonds is 2. The van der Waals surface area contributed by atoms with Crippen molar-refractivity contribution in [1.29, 1.82) is 0 Å². The third-order valence-electron chi connectivity index (χ3n) is 4.56. The van der Waals surface area contributed by atoms with E-state index in [0.717, 1.165) is 12.2 Å². The lowest BCUT2D eigenvalue weighted by atomic mass is 9.78. The molecule has 1 spiro atoms. The second-order valence-corrected chi connectivity index (χ2v) is 6.02. The second-order valence-electron chi connectivity index (χ2n) is 6.02. The van der Waals surface area contributed by atoms with E-state index in [1.54, 1.807) is 0 Å². The van der Waals surface area contributed by atoms with Crippen molar-refractivity contribution in [1.82, 2.24) is 15.2 Å². The van der Waals surface area contributed by atoms with Crippen LogP contribution in [-0.2, 0) is 6.54 Å². The van der Waals surface area contributed by atoms with E-state index in [1.165, 1.54) is 51.0 Å². The lowest BCUT2D eigenvalue weighted by Gasteiger charge is -2.33. The standard InChI is InChI=1S/C15H23N3/c1-13-2-3-14(10-17-13)11-18-9-6-15(12-18)4-7-16-8-5-15/h2-3,10,16H,4-9,11-12H2,1H3. The molecular weight excluding hydrogens is 222 g/mol. The maximum absolute atomic E-state index is 4.39. The summed E-state index contributed by atoms with van der Waals surface area (Å²) in [7, 11) is 0. The van der Waals surface area contributed by atoms with Gasteiger partial charge in [0.15, 0.2) is 0 Å². The fourth-order valence-corrected chi connectivity index (χ4v) is 3.38. The van der Waals surface area contributed by atoms with Gasteiger partial charge >= 0.3 is 0 Å². The smallest absolute Gasteiger partial charge is 0.0372 e. The lowest BCUT2D eigenvalue weighted by Crippen LogP contribution is -2.38. The molecule has 0 saturated carbocycles. The Morgan fingerprint density at radius 3 is 2.83 bits per heavy atom. The first-order valence-corrected chi connectivity index (χ1v) is 7.10. The van der Waals surface area contributed by atoms with Crippen molar-refractivity contribution in [3.8, 4) is 0 Å². The van der Waals surface area contributed by atoms with Gasteiger partial charge in [-0.2, -0.15) is 0 Å². The molecule has 3 nitrogen and oxygen atoms in total. The van der Waals surface area contributed by atoms with Crippen molar-refractivity contribution >= 4 is 0 Å². The molecule has 98 valence electrons. The molecule has 2 aliphatic heterocycles. The molecule has 0 bridgehead atoms. The van der Waals surface area contributed by atoms with E-state index in [1.807, 2.05) is 13.1 Å². The summed E-state index contributed by atoms with van der Waals surface area (Å²) < 4.78 is 0. The minimum atomic E-state index is 0.614. The largest absolute Gasteiger partial charge is 0.317 e. The lowest BCUT2D eigenvalue weighted by molar-refractivity contribution is 0.194. The van der Waals surface area contributed by atoms with Crippen molar-refractivity contribution < 1.29 is 0 Å². The number of nitrogens with zero attached hydrogens (tertiary/aromatic N) is 2. The molecule has 3 heterocycles. The topological polar surface area (TPSA) is 28.2 Å². The molecule has 0 aromatic carbocycles. The average Bonchev–Trinajstić information content (AvgIpc) is 2.76. The Balaban J connectivity index is 1.60. The monoisotopic (exact) mass is 245 g/mol. The van der Waals surface area contributed by atoms with Gasteiger partial charge in [0.1, 0.15) is 0 Å². The summed E-state index contributed by atoms with van der Waals surface area (Å²) >= 11 is 0. The van der Waals surface area contributed by atoms with Crippen molar-refractivity contribution in [2.24, 2.45) is 5.41 Å². The molecule has 3 heteroatoms. The number of hydrogen-bond donors (Lipinski definition) is 1. The van der Waals surface area contributed by atoms with Crippen LogP contribution in [0.25, 0.3) is 0 Å². The van der Waals surface area contributed by atoms with Gasteiger partial charge in [-0.05, 0) is 62.9 Å². The van der Waals surface area contributed by atoms with Gasteiger partial charge in [-0.25, -0.2) is 0 Å². The summed E-state index contributed by atoms with van der Waals surface area (Å²) in [4.78, 5) is 7.00. The molecule has 1 N–H and O–H groups in total. The molecule has 1 aromatic rings. The zero-order valence-electron chi connectivity index (χ0n) is 11.3. The Hall–Kier alpha value is -0.930. The van der Waals surface area contributed by atoms with Crippen LogP contribution in [0.15, 0.2) is 18.3 Å². The average molecular weight is 245 g/mol. The first-order chi connectivity index (χ1) is 8.76. The summed E-state index contributed by atoms with van der Waals surface area (Å²) in [5.41, 5.74) is 3.07. The fourth-order valence-electron chi connectivity index (χ4n) is 3.38. The number of aromatic nitrogens is 1. The highest BCUT2D eigenvalue weighted by molar-refractivity contribution is 5.13. The molecule has 18 heavy (non-hydrogen) atoms. The zero-order valence-corrected chi connectivity index (χ0v) is 11.3. The molecule has 0 aliphatic carbocycles. The van der Waals surface area contributed by atoms with Gasteiger partial charge in [0.05, 0.1) is 0 Å². The van der Waals surface area contributed by atoms with Gasteiger partial charge in [-0.3, -0.25) is 9.88 Å². The van der Waals surface area contributed by atoms with Crippen molar-refractivity contribution in [2.75, 3.05) is 26.2 Å². The highest BCUT2D eigenvalue weighted by atomic mass is 15.2. The Morgan fingerprint density at radius 2 is 2.11 bits per heavy atom. The second kappa shape index (κ2) is 4.98. The third kappa shape index (κ3) is 2.57. The SMILES string of the molecule is Cc1ccc(CN2CCC3(CCNCC3)C2)cn1. The predicted molar refractivity (Wildman–Crippen MR) is 73.4 cm³/mol. The van der Waals surface area contributed by atoms with Gasteiger partial charge in [-0.15, -0.1) is 0 Å². The number of piperidine rings is 1. The molecule has 0 radical (unpaired) electrons. The Morgan fingerprint density at radius 1 is 1.28 bits per heavy atom. The minimum absolute atomic E-state index is 0.614. The van der Waals surface area contributed by atoms with Gasteiger partial charge in [0.25, 0.3) is 0 Å². The van der Waals surface area contributed by atoms with Gasteiger partial charge in [-0.1, -0.05) is 6.07 Å². The molecule has 0 amide bonds. The highest BCUT2D eigenvalue weighted by Crippen LogP contribution is 2.38. The van der Waals surface area contributed by atoms with Crippen LogP contribution in [0.2, 0.25) is 0 Å². The van der Waals surface area contributed by atoms with Crippen LogP contribution in [0, 0.1) is 12.3 Å². The van der Waals surface area contributed by atoms with Crippen LogP contribution in [0.4, 0.5) is 0 Å². The number of likely N-dealkylation sites (tertiary alicyclic amines) is 1. The number of pyridine rings is 1. The van der Waals surface area contributed by atoms with E-state index in [-0.39, 0.29) is 0 Å². The Bertz CT molecular complexity index is 393. The molecule has 2 saturated heterocycles. The van der Waals surface area contributed by atoms with Crippen molar-refractivity contribution in [2.45, 2.75) is 32.7 Å². The molecular formula is C15H23N3. The Kier molecular flexibility index (Phi) is 3.35. The Labute approximate surface area is 110 Å². The van der Waals surface area contributed by atoms with E-state index >= 15 is 0 Å². The zero-order chi connectivity index (χ0) is 12.4. The highest BCUT2D eigenvalue weighted by Gasteiger charge is 2.38. The van der Waals surface area contributed by atoms with Crippen LogP contribution in [0.5, 0.6) is 0 Å². The molecule has 3 rings (SSSR count). The quantitative estimate of drug-likeness (QED) is 0.863. The first kappa shape index (κ1) is 12.1. The van der Waals surface area contributed by atoms with Crippen molar-refractivity contribution in [3.05, 3.63) is 29.6 Å². The summed E-state index contributed by atoms with van der Waals surface area (Å²) in [6.45, 7) is 8.07. The molecule has 2 aliphatic rings. The molecule has 2 fully saturated rings. The predicted octanol–water partition coefficient (Wildman–Crippen LogP) is 1.97. The van der Waals surface area contributed by atoms with E-state index in [4.69, 9.17) is 0 Å². The van der Waals surface area contributed by atoms with Gasteiger partial charge < -0.3 is 5.32 Å². The van der Waals surface area contributed by atoms with Crippen LogP contribution in [-0.4, -0.2) is 36.1 Å². The molecule has 0 unspecified atom stereocenters. The fraction of sp³-hybridized carbons (Fsp3) is 0.667. The number of aryl methyl sites for hydroxylation is 1. The maximum atomic E-state index is 4.39. The van der Waals surface area contributed by atoms with E-state index in [9.17, 15) is 0 Å². The molecule has 1 aromatic heterocycles. The van der Waals surface area contributed by atoms with E-state index in [0.29, 0.717) is 5.41 Å². The maximum Gasteiger partial charge on any atom is 0.0372 e. The third-order valence-corrected chi connectivity index (χ3v) is 4.56. The normalized spacial score (nSPS) is 23.6. The molecule has 0 atom stereocenters. The van der Waals surface area contributed by atoms with Crippen molar-refractivity contribution in [3.63, 3.8) is 0 Å². The first-order valence-electron chi connectivity index (χ1n) is 7.10. The minimum Gasteiger partial charge on any atom is -0.317 e. The summed E-state index contributed by atoms with van der Waals surface area (Å²) in [6.07, 6.45) is 6.13. The summed E-state index contributed by atoms with van der Waals surface area (Å²) in [5.74, 6) is 0. The van der Waals surface area contributed by atoms with Gasteiger partial charge in [0.2, 0.25) is 0 Å². The number of hydrogen-bond acceptors (Lipinski definition) is 3.